The van der Waals surface area contributed by atoms with Crippen molar-refractivity contribution in [1.82, 2.24) is 4.98 Å². The summed E-state index contributed by atoms with van der Waals surface area (Å²) in [6.07, 6.45) is 1.69. The first-order valence-electron chi connectivity index (χ1n) is 9.54. The van der Waals surface area contributed by atoms with Crippen molar-refractivity contribution < 1.29 is 22.7 Å². The molecule has 2 aromatic carbocycles. The average molecular weight is 436 g/mol. The number of aromatic carboxylic acids is 1. The number of pyridine rings is 1. The van der Waals surface area contributed by atoms with E-state index in [9.17, 15) is 28.0 Å². The lowest BCUT2D eigenvalue weighted by atomic mass is 10.0. The van der Waals surface area contributed by atoms with E-state index in [4.69, 9.17) is 0 Å². The minimum atomic E-state index is -3.96. The van der Waals surface area contributed by atoms with Crippen LogP contribution < -0.4 is 0 Å². The first-order valence-corrected chi connectivity index (χ1v) is 11.2. The highest BCUT2D eigenvalue weighted by Gasteiger charge is 2.31. The number of rotatable bonds is 6. The van der Waals surface area contributed by atoms with Crippen molar-refractivity contribution >= 4 is 15.8 Å². The standard InChI is InChI=1S/C23H17FN2O4S/c24-22-3-1-2-20(26-22)18-8-4-14(12-25)10-17(18)13-31(29,30)21-11-16(23(27)28)7-9-19(21)15-5-6-15/h1-4,7-11,15H,5-6,13H2,(H,27,28). The quantitative estimate of drug-likeness (QED) is 0.577. The molecule has 8 heteroatoms. The Kier molecular flexibility index (Phi) is 5.29. The van der Waals surface area contributed by atoms with Crippen molar-refractivity contribution in [2.45, 2.75) is 29.4 Å². The number of sulfone groups is 1. The number of halogens is 1. The van der Waals surface area contributed by atoms with E-state index in [2.05, 4.69) is 4.98 Å². The summed E-state index contributed by atoms with van der Waals surface area (Å²) in [6, 6.07) is 14.9. The predicted octanol–water partition coefficient (Wildman–Crippen LogP) is 4.31. The lowest BCUT2D eigenvalue weighted by Crippen LogP contribution is -2.11. The molecule has 1 saturated carbocycles. The lowest BCUT2D eigenvalue weighted by Gasteiger charge is -2.14. The second-order valence-corrected chi connectivity index (χ2v) is 9.38. The van der Waals surface area contributed by atoms with E-state index >= 15 is 0 Å². The second-order valence-electron chi connectivity index (χ2n) is 7.42. The number of nitriles is 1. The van der Waals surface area contributed by atoms with Crippen molar-refractivity contribution in [2.75, 3.05) is 0 Å². The lowest BCUT2D eigenvalue weighted by molar-refractivity contribution is 0.0696. The third-order valence-electron chi connectivity index (χ3n) is 5.18. The van der Waals surface area contributed by atoms with E-state index in [-0.39, 0.29) is 27.6 Å². The Hall–Kier alpha value is -3.57. The van der Waals surface area contributed by atoms with E-state index < -0.39 is 27.5 Å². The molecule has 0 atom stereocenters. The van der Waals surface area contributed by atoms with E-state index in [0.29, 0.717) is 16.7 Å². The summed E-state index contributed by atoms with van der Waals surface area (Å²) in [5, 5.41) is 18.6. The molecule has 1 aromatic heterocycles. The molecule has 0 bridgehead atoms. The van der Waals surface area contributed by atoms with Gasteiger partial charge in [0.05, 0.1) is 33.5 Å². The van der Waals surface area contributed by atoms with Crippen molar-refractivity contribution in [3.63, 3.8) is 0 Å². The Bertz CT molecular complexity index is 1340. The first kappa shape index (κ1) is 20.7. The zero-order valence-electron chi connectivity index (χ0n) is 16.2. The van der Waals surface area contributed by atoms with Crippen LogP contribution in [0.2, 0.25) is 0 Å². The molecule has 0 aliphatic heterocycles. The van der Waals surface area contributed by atoms with Crippen LogP contribution in [-0.4, -0.2) is 24.5 Å². The SMILES string of the molecule is N#Cc1ccc(-c2cccc(F)n2)c(CS(=O)(=O)c2cc(C(=O)O)ccc2C2CC2)c1. The molecular formula is C23H17FN2O4S. The fourth-order valence-electron chi connectivity index (χ4n) is 3.54. The molecule has 156 valence electrons. The van der Waals surface area contributed by atoms with Gasteiger partial charge < -0.3 is 5.11 Å². The number of nitrogens with zero attached hydrogens (tertiary/aromatic N) is 2. The fraction of sp³-hybridized carbons (Fsp3) is 0.174. The molecule has 0 spiro atoms. The van der Waals surface area contributed by atoms with Crippen LogP contribution >= 0.6 is 0 Å². The molecule has 31 heavy (non-hydrogen) atoms. The summed E-state index contributed by atoms with van der Waals surface area (Å²) in [5.41, 5.74) is 1.68. The number of hydrogen-bond acceptors (Lipinski definition) is 5. The number of hydrogen-bond donors (Lipinski definition) is 1. The summed E-state index contributed by atoms with van der Waals surface area (Å²) in [4.78, 5) is 15.2. The molecule has 3 aromatic rings. The molecule has 1 N–H and O–H groups in total. The zero-order valence-corrected chi connectivity index (χ0v) is 17.1. The summed E-state index contributed by atoms with van der Waals surface area (Å²) < 4.78 is 40.5. The van der Waals surface area contributed by atoms with E-state index in [1.807, 2.05) is 6.07 Å². The molecule has 0 amide bonds. The maximum atomic E-state index is 13.7. The number of carboxylic acids is 1. The van der Waals surface area contributed by atoms with Crippen LogP contribution in [0.1, 0.15) is 45.8 Å². The highest BCUT2D eigenvalue weighted by Crippen LogP contribution is 2.44. The summed E-state index contributed by atoms with van der Waals surface area (Å²) >= 11 is 0. The highest BCUT2D eigenvalue weighted by atomic mass is 32.2. The molecule has 1 aliphatic rings. The van der Waals surface area contributed by atoms with Gasteiger partial charge in [0.1, 0.15) is 0 Å². The van der Waals surface area contributed by atoms with Gasteiger partial charge in [-0.3, -0.25) is 0 Å². The van der Waals surface area contributed by atoms with E-state index in [0.717, 1.165) is 12.8 Å². The van der Waals surface area contributed by atoms with E-state index in [1.165, 1.54) is 36.4 Å². The largest absolute Gasteiger partial charge is 0.478 e. The minimum Gasteiger partial charge on any atom is -0.478 e. The van der Waals surface area contributed by atoms with Crippen LogP contribution in [0.5, 0.6) is 0 Å². The topological polar surface area (TPSA) is 108 Å². The zero-order chi connectivity index (χ0) is 22.2. The van der Waals surface area contributed by atoms with Gasteiger partial charge in [-0.25, -0.2) is 18.2 Å². The van der Waals surface area contributed by atoms with Crippen LogP contribution in [0, 0.1) is 17.3 Å². The van der Waals surface area contributed by atoms with Crippen molar-refractivity contribution in [3.05, 3.63) is 82.8 Å². The number of benzene rings is 2. The predicted molar refractivity (Wildman–Crippen MR) is 111 cm³/mol. The molecule has 6 nitrogen and oxygen atoms in total. The second kappa shape index (κ2) is 7.93. The van der Waals surface area contributed by atoms with Crippen molar-refractivity contribution in [2.24, 2.45) is 0 Å². The molecular weight excluding hydrogens is 419 g/mol. The van der Waals surface area contributed by atoms with Gasteiger partial charge in [-0.15, -0.1) is 0 Å². The Morgan fingerprint density at radius 1 is 1.16 bits per heavy atom. The summed E-state index contributed by atoms with van der Waals surface area (Å²) in [5.74, 6) is -2.31. The van der Waals surface area contributed by atoms with Crippen LogP contribution in [-0.2, 0) is 15.6 Å². The smallest absolute Gasteiger partial charge is 0.335 e. The van der Waals surface area contributed by atoms with Crippen molar-refractivity contribution in [3.8, 4) is 17.3 Å². The van der Waals surface area contributed by atoms with Crippen LogP contribution in [0.15, 0.2) is 59.5 Å². The monoisotopic (exact) mass is 436 g/mol. The van der Waals surface area contributed by atoms with Gasteiger partial charge in [0.25, 0.3) is 0 Å². The van der Waals surface area contributed by atoms with Gasteiger partial charge in [-0.05, 0) is 66.3 Å². The van der Waals surface area contributed by atoms with E-state index in [1.54, 1.807) is 18.2 Å². The van der Waals surface area contributed by atoms with Crippen LogP contribution in [0.25, 0.3) is 11.3 Å². The number of aromatic nitrogens is 1. The highest BCUT2D eigenvalue weighted by molar-refractivity contribution is 7.90. The Morgan fingerprint density at radius 2 is 1.94 bits per heavy atom. The maximum Gasteiger partial charge on any atom is 0.335 e. The Labute approximate surface area is 178 Å². The van der Waals surface area contributed by atoms with Crippen LogP contribution in [0.3, 0.4) is 0 Å². The maximum absolute atomic E-state index is 13.7. The third-order valence-corrected chi connectivity index (χ3v) is 6.90. The molecule has 0 radical (unpaired) electrons. The number of carboxylic acid groups (broad SMARTS) is 1. The summed E-state index contributed by atoms with van der Waals surface area (Å²) in [6.45, 7) is 0. The molecule has 1 heterocycles. The minimum absolute atomic E-state index is 0.0181. The Balaban J connectivity index is 1.83. The molecule has 1 aliphatic carbocycles. The third kappa shape index (κ3) is 4.32. The van der Waals surface area contributed by atoms with Gasteiger partial charge in [0.15, 0.2) is 9.84 Å². The van der Waals surface area contributed by atoms with Gasteiger partial charge >= 0.3 is 5.97 Å². The molecule has 0 saturated heterocycles. The first-order chi connectivity index (χ1) is 14.8. The molecule has 0 unspecified atom stereocenters. The fourth-order valence-corrected chi connectivity index (χ4v) is 5.25. The molecule has 1 fully saturated rings. The van der Waals surface area contributed by atoms with Gasteiger partial charge in [0.2, 0.25) is 5.95 Å². The van der Waals surface area contributed by atoms with Gasteiger partial charge in [0, 0.05) is 5.56 Å². The molecule has 4 rings (SSSR count). The van der Waals surface area contributed by atoms with Crippen molar-refractivity contribution in [1.29, 1.82) is 5.26 Å². The summed E-state index contributed by atoms with van der Waals surface area (Å²) in [7, 11) is -3.96. The Morgan fingerprint density at radius 3 is 2.58 bits per heavy atom. The van der Waals surface area contributed by atoms with Crippen LogP contribution in [0.4, 0.5) is 4.39 Å². The van der Waals surface area contributed by atoms with Gasteiger partial charge in [-0.2, -0.15) is 9.65 Å². The normalized spacial score (nSPS) is 13.5. The average Bonchev–Trinajstić information content (AvgIpc) is 3.58. The number of carbonyl (C=O) groups is 1. The van der Waals surface area contributed by atoms with Gasteiger partial charge in [-0.1, -0.05) is 18.2 Å².